The zero-order valence-corrected chi connectivity index (χ0v) is 21.4. The van der Waals surface area contributed by atoms with Gasteiger partial charge in [0, 0.05) is 31.9 Å². The van der Waals surface area contributed by atoms with Crippen molar-refractivity contribution in [2.24, 2.45) is 0 Å². The van der Waals surface area contributed by atoms with Crippen LogP contribution in [0.1, 0.15) is 27.5 Å². The van der Waals surface area contributed by atoms with E-state index in [0.29, 0.717) is 37.4 Å². The number of hydrogen-bond donors (Lipinski definition) is 1. The number of esters is 1. The predicted molar refractivity (Wildman–Crippen MR) is 148 cm³/mol. The average Bonchev–Trinajstić information content (AvgIpc) is 2.98. The highest BCUT2D eigenvalue weighted by Crippen LogP contribution is 2.35. The van der Waals surface area contributed by atoms with Crippen molar-refractivity contribution >= 4 is 29.0 Å². The van der Waals surface area contributed by atoms with Crippen molar-refractivity contribution < 1.29 is 14.5 Å². The zero-order valence-electron chi connectivity index (χ0n) is 21.4. The van der Waals surface area contributed by atoms with E-state index in [9.17, 15) is 14.9 Å². The van der Waals surface area contributed by atoms with E-state index >= 15 is 0 Å². The fourth-order valence-corrected chi connectivity index (χ4v) is 4.88. The summed E-state index contributed by atoms with van der Waals surface area (Å²) in [6.45, 7) is 2.54. The summed E-state index contributed by atoms with van der Waals surface area (Å²) in [5.41, 5.74) is 3.15. The Hall–Kier alpha value is -4.83. The molecule has 10 nitrogen and oxygen atoms in total. The van der Waals surface area contributed by atoms with Gasteiger partial charge in [0.2, 0.25) is 11.6 Å². The normalized spacial score (nSPS) is 13.7. The number of aromatic nitrogens is 2. The molecule has 39 heavy (non-hydrogen) atoms. The van der Waals surface area contributed by atoms with E-state index < -0.39 is 10.9 Å². The Kier molecular flexibility index (Phi) is 7.74. The summed E-state index contributed by atoms with van der Waals surface area (Å²) < 4.78 is 4.72. The van der Waals surface area contributed by atoms with Gasteiger partial charge in [-0.2, -0.15) is 0 Å². The Morgan fingerprint density at radius 3 is 2.03 bits per heavy atom. The third-order valence-corrected chi connectivity index (χ3v) is 6.76. The summed E-state index contributed by atoms with van der Waals surface area (Å²) in [6, 6.07) is 27.3. The minimum Gasteiger partial charge on any atom is -0.465 e. The van der Waals surface area contributed by atoms with Crippen LogP contribution in [-0.2, 0) is 4.74 Å². The number of carbonyl (C=O) groups excluding carboxylic acids is 1. The summed E-state index contributed by atoms with van der Waals surface area (Å²) in [5, 5.41) is 15.2. The average molecular weight is 525 g/mol. The molecule has 0 amide bonds. The second-order valence-electron chi connectivity index (χ2n) is 9.09. The Labute approximate surface area is 226 Å². The quantitative estimate of drug-likeness (QED) is 0.197. The number of ether oxygens (including phenoxy) is 1. The Morgan fingerprint density at radius 2 is 1.49 bits per heavy atom. The first-order chi connectivity index (χ1) is 19.0. The maximum Gasteiger partial charge on any atom is 0.353 e. The van der Waals surface area contributed by atoms with Gasteiger partial charge in [-0.1, -0.05) is 60.7 Å². The number of anilines is 3. The molecule has 0 bridgehead atoms. The molecule has 1 fully saturated rings. The van der Waals surface area contributed by atoms with E-state index in [1.54, 1.807) is 24.3 Å². The first-order valence-electron chi connectivity index (χ1n) is 12.6. The van der Waals surface area contributed by atoms with E-state index in [-0.39, 0.29) is 23.4 Å². The topological polar surface area (TPSA) is 114 Å². The molecule has 1 aliphatic heterocycles. The van der Waals surface area contributed by atoms with Crippen molar-refractivity contribution in [3.8, 4) is 0 Å². The monoisotopic (exact) mass is 524 g/mol. The molecule has 1 aromatic heterocycles. The van der Waals surface area contributed by atoms with Gasteiger partial charge in [0.05, 0.1) is 23.6 Å². The van der Waals surface area contributed by atoms with Crippen molar-refractivity contribution in [3.05, 3.63) is 118 Å². The molecule has 0 atom stereocenters. The fraction of sp³-hybridized carbons (Fsp3) is 0.207. The van der Waals surface area contributed by atoms with Gasteiger partial charge in [-0.15, -0.1) is 0 Å². The largest absolute Gasteiger partial charge is 0.465 e. The van der Waals surface area contributed by atoms with Crippen molar-refractivity contribution in [2.75, 3.05) is 43.5 Å². The van der Waals surface area contributed by atoms with Crippen molar-refractivity contribution in [2.45, 2.75) is 6.04 Å². The predicted octanol–water partition coefficient (Wildman–Crippen LogP) is 4.83. The van der Waals surface area contributed by atoms with E-state index in [1.807, 2.05) is 41.3 Å². The SMILES string of the molecule is COC(=O)c1ccc(Nc2ncnc(N3CCN(C(c4ccccc4)c4ccccc4)CC3)c2[N+](=O)[O-])cc1. The van der Waals surface area contributed by atoms with Crippen LogP contribution in [0.15, 0.2) is 91.3 Å². The molecular weight excluding hydrogens is 496 g/mol. The van der Waals surface area contributed by atoms with Crippen molar-refractivity contribution in [3.63, 3.8) is 0 Å². The number of rotatable bonds is 8. The van der Waals surface area contributed by atoms with Crippen LogP contribution in [-0.4, -0.2) is 59.0 Å². The van der Waals surface area contributed by atoms with Gasteiger partial charge in [-0.25, -0.2) is 14.8 Å². The minimum atomic E-state index is -0.460. The van der Waals surface area contributed by atoms with Gasteiger partial charge < -0.3 is 15.0 Å². The smallest absolute Gasteiger partial charge is 0.353 e. The van der Waals surface area contributed by atoms with Crippen LogP contribution < -0.4 is 10.2 Å². The van der Waals surface area contributed by atoms with Crippen LogP contribution in [0.25, 0.3) is 0 Å². The molecule has 0 unspecified atom stereocenters. The molecule has 0 radical (unpaired) electrons. The second-order valence-corrected chi connectivity index (χ2v) is 9.09. The molecule has 198 valence electrons. The number of methoxy groups -OCH3 is 1. The summed E-state index contributed by atoms with van der Waals surface area (Å²) in [7, 11) is 1.31. The third kappa shape index (κ3) is 5.70. The van der Waals surface area contributed by atoms with Gasteiger partial charge in [0.15, 0.2) is 0 Å². The maximum absolute atomic E-state index is 12.2. The molecule has 0 aliphatic carbocycles. The van der Waals surface area contributed by atoms with Crippen LogP contribution in [0.5, 0.6) is 0 Å². The summed E-state index contributed by atoms with van der Waals surface area (Å²) >= 11 is 0. The third-order valence-electron chi connectivity index (χ3n) is 6.76. The number of hydrogen-bond acceptors (Lipinski definition) is 9. The van der Waals surface area contributed by atoms with Crippen LogP contribution in [0.4, 0.5) is 23.0 Å². The molecule has 0 spiro atoms. The standard InChI is InChI=1S/C29H28N6O4/c1-39-29(36)23-12-14-24(15-13-23)32-27-26(35(37)38)28(31-20-30-27)34-18-16-33(17-19-34)25(21-8-4-2-5-9-21)22-10-6-3-7-11-22/h2-15,20,25H,16-19H2,1H3,(H,30,31,32). The van der Waals surface area contributed by atoms with E-state index in [1.165, 1.54) is 24.6 Å². The van der Waals surface area contributed by atoms with E-state index in [4.69, 9.17) is 4.74 Å². The summed E-state index contributed by atoms with van der Waals surface area (Å²) in [5.74, 6) is -0.0956. The minimum absolute atomic E-state index is 0.0834. The lowest BCUT2D eigenvalue weighted by atomic mass is 9.96. The number of nitrogens with zero attached hydrogens (tertiary/aromatic N) is 5. The van der Waals surface area contributed by atoms with Crippen LogP contribution >= 0.6 is 0 Å². The van der Waals surface area contributed by atoms with Crippen LogP contribution in [0.3, 0.4) is 0 Å². The molecule has 1 saturated heterocycles. The molecule has 1 aliphatic rings. The van der Waals surface area contributed by atoms with Crippen molar-refractivity contribution in [1.82, 2.24) is 14.9 Å². The highest BCUT2D eigenvalue weighted by Gasteiger charge is 2.32. The molecule has 0 saturated carbocycles. The zero-order chi connectivity index (χ0) is 27.2. The van der Waals surface area contributed by atoms with Gasteiger partial charge >= 0.3 is 11.7 Å². The summed E-state index contributed by atoms with van der Waals surface area (Å²) in [4.78, 5) is 36.3. The molecule has 3 aromatic carbocycles. The summed E-state index contributed by atoms with van der Waals surface area (Å²) in [6.07, 6.45) is 1.33. The molecule has 10 heteroatoms. The highest BCUT2D eigenvalue weighted by molar-refractivity contribution is 5.90. The second kappa shape index (κ2) is 11.7. The highest BCUT2D eigenvalue weighted by atomic mass is 16.6. The maximum atomic E-state index is 12.2. The number of nitro groups is 1. The van der Waals surface area contributed by atoms with Gasteiger partial charge in [-0.3, -0.25) is 15.0 Å². The molecule has 5 rings (SSSR count). The fourth-order valence-electron chi connectivity index (χ4n) is 4.88. The lowest BCUT2D eigenvalue weighted by Gasteiger charge is -2.40. The van der Waals surface area contributed by atoms with Gasteiger partial charge in [-0.05, 0) is 35.4 Å². The lowest BCUT2D eigenvalue weighted by Crippen LogP contribution is -2.48. The number of nitrogens with one attached hydrogen (secondary N) is 1. The molecular formula is C29H28N6O4. The molecule has 2 heterocycles. The number of piperazine rings is 1. The van der Waals surface area contributed by atoms with E-state index in [2.05, 4.69) is 44.5 Å². The number of benzene rings is 3. The van der Waals surface area contributed by atoms with Crippen LogP contribution in [0, 0.1) is 10.1 Å². The number of carbonyl (C=O) groups is 1. The molecule has 1 N–H and O–H groups in total. The lowest BCUT2D eigenvalue weighted by molar-refractivity contribution is -0.383. The first-order valence-corrected chi connectivity index (χ1v) is 12.6. The van der Waals surface area contributed by atoms with Crippen LogP contribution in [0.2, 0.25) is 0 Å². The van der Waals surface area contributed by atoms with E-state index in [0.717, 1.165) is 0 Å². The molecule has 4 aromatic rings. The Balaban J connectivity index is 1.36. The first kappa shape index (κ1) is 25.8. The van der Waals surface area contributed by atoms with Gasteiger partial charge in [0.1, 0.15) is 6.33 Å². The van der Waals surface area contributed by atoms with Crippen molar-refractivity contribution in [1.29, 1.82) is 0 Å². The Bertz CT molecular complexity index is 1390. The van der Waals surface area contributed by atoms with Gasteiger partial charge in [0.25, 0.3) is 0 Å². The Morgan fingerprint density at radius 1 is 0.897 bits per heavy atom.